The Kier molecular flexibility index (Phi) is 8.08. The Morgan fingerprint density at radius 1 is 1.13 bits per heavy atom. The van der Waals surface area contributed by atoms with Gasteiger partial charge in [-0.25, -0.2) is 0 Å². The van der Waals surface area contributed by atoms with Gasteiger partial charge in [-0.1, -0.05) is 42.0 Å². The molecular formula is C23H29ClO6. The van der Waals surface area contributed by atoms with E-state index in [1.807, 2.05) is 36.4 Å². The van der Waals surface area contributed by atoms with E-state index < -0.39 is 24.0 Å². The first-order valence-electron chi connectivity index (χ1n) is 10.4. The van der Waals surface area contributed by atoms with Gasteiger partial charge in [0.1, 0.15) is 0 Å². The lowest BCUT2D eigenvalue weighted by Gasteiger charge is -2.26. The minimum absolute atomic E-state index is 0.129. The summed E-state index contributed by atoms with van der Waals surface area (Å²) in [7, 11) is 0. The van der Waals surface area contributed by atoms with Crippen molar-refractivity contribution in [3.05, 3.63) is 59.2 Å². The zero-order valence-electron chi connectivity index (χ0n) is 16.8. The molecule has 6 nitrogen and oxygen atoms in total. The van der Waals surface area contributed by atoms with Crippen molar-refractivity contribution in [2.45, 2.75) is 50.1 Å². The summed E-state index contributed by atoms with van der Waals surface area (Å²) in [6, 6.07) is 7.28. The van der Waals surface area contributed by atoms with Crippen molar-refractivity contribution in [1.82, 2.24) is 0 Å². The highest BCUT2D eigenvalue weighted by atomic mass is 35.5. The predicted octanol–water partition coefficient (Wildman–Crippen LogP) is 3.65. The summed E-state index contributed by atoms with van der Waals surface area (Å²) >= 11 is 6.00. The van der Waals surface area contributed by atoms with Gasteiger partial charge in [-0.3, -0.25) is 4.79 Å². The van der Waals surface area contributed by atoms with Crippen molar-refractivity contribution in [3.8, 4) is 0 Å². The predicted molar refractivity (Wildman–Crippen MR) is 113 cm³/mol. The second-order valence-corrected chi connectivity index (χ2v) is 8.27. The van der Waals surface area contributed by atoms with Gasteiger partial charge in [-0.2, -0.15) is 0 Å². The molecule has 1 heterocycles. The minimum atomic E-state index is -1.02. The van der Waals surface area contributed by atoms with Crippen LogP contribution in [0.2, 0.25) is 5.02 Å². The number of aliphatic hydroxyl groups excluding tert-OH is 2. The van der Waals surface area contributed by atoms with Crippen molar-refractivity contribution in [2.24, 2.45) is 11.8 Å². The maximum absolute atomic E-state index is 10.6. The highest BCUT2D eigenvalue weighted by Crippen LogP contribution is 2.39. The van der Waals surface area contributed by atoms with Gasteiger partial charge in [0.05, 0.1) is 25.4 Å². The number of benzene rings is 1. The number of carboxylic acid groups (broad SMARTS) is 1. The van der Waals surface area contributed by atoms with Crippen molar-refractivity contribution in [3.63, 3.8) is 0 Å². The fraction of sp³-hybridized carbons (Fsp3) is 0.522. The topological polar surface area (TPSA) is 96.2 Å². The van der Waals surface area contributed by atoms with Crippen molar-refractivity contribution in [1.29, 1.82) is 0 Å². The first kappa shape index (κ1) is 23.0. The van der Waals surface area contributed by atoms with E-state index >= 15 is 0 Å². The molecule has 1 aromatic carbocycles. The Bertz CT molecular complexity index is 753. The molecule has 1 aromatic rings. The average molecular weight is 437 g/mol. The molecule has 1 saturated heterocycles. The van der Waals surface area contributed by atoms with Crippen molar-refractivity contribution >= 4 is 17.6 Å². The molecule has 0 spiro atoms. The van der Waals surface area contributed by atoms with Crippen LogP contribution in [-0.2, 0) is 20.1 Å². The van der Waals surface area contributed by atoms with E-state index in [4.69, 9.17) is 26.2 Å². The van der Waals surface area contributed by atoms with Crippen LogP contribution in [-0.4, -0.2) is 46.7 Å². The number of rotatable bonds is 9. The zero-order valence-corrected chi connectivity index (χ0v) is 17.6. The van der Waals surface area contributed by atoms with Gasteiger partial charge in [0, 0.05) is 29.3 Å². The summed E-state index contributed by atoms with van der Waals surface area (Å²) < 4.78 is 11.8. The lowest BCUT2D eigenvalue weighted by atomic mass is 9.89. The molecule has 3 rings (SSSR count). The highest BCUT2D eigenvalue weighted by molar-refractivity contribution is 6.30. The second kappa shape index (κ2) is 10.6. The van der Waals surface area contributed by atoms with Crippen LogP contribution in [0.15, 0.2) is 48.6 Å². The quantitative estimate of drug-likeness (QED) is 0.404. The molecule has 1 aliphatic heterocycles. The van der Waals surface area contributed by atoms with Gasteiger partial charge in [0.2, 0.25) is 5.79 Å². The molecule has 0 unspecified atom stereocenters. The molecule has 2 aliphatic rings. The van der Waals surface area contributed by atoms with Crippen LogP contribution in [0.3, 0.4) is 0 Å². The van der Waals surface area contributed by atoms with Crippen LogP contribution >= 0.6 is 11.6 Å². The average Bonchev–Trinajstić information content (AvgIpc) is 3.28. The maximum Gasteiger partial charge on any atom is 0.303 e. The Balaban J connectivity index is 1.68. The lowest BCUT2D eigenvalue weighted by Crippen LogP contribution is -2.26. The minimum Gasteiger partial charge on any atom is -0.481 e. The number of aliphatic carboxylic acids is 1. The van der Waals surface area contributed by atoms with E-state index in [-0.39, 0.29) is 18.3 Å². The SMILES string of the molecule is O=C(O)CCC/C=C\C[C@@H]1[C@@H](/C=C/C2(c3ccc(Cl)cc3)OCCO2)[C@H](O)C[C@H]1O. The number of allylic oxidation sites excluding steroid dienone is 2. The molecule has 164 valence electrons. The third-order valence-corrected chi connectivity index (χ3v) is 6.00. The number of hydrogen-bond acceptors (Lipinski definition) is 5. The fourth-order valence-corrected chi connectivity index (χ4v) is 4.28. The number of unbranched alkanes of at least 4 members (excludes halogenated alkanes) is 1. The molecule has 0 radical (unpaired) electrons. The van der Waals surface area contributed by atoms with Gasteiger partial charge in [-0.05, 0) is 43.4 Å². The van der Waals surface area contributed by atoms with Crippen LogP contribution in [0.25, 0.3) is 0 Å². The zero-order chi connectivity index (χ0) is 21.6. The Morgan fingerprint density at radius 3 is 2.50 bits per heavy atom. The van der Waals surface area contributed by atoms with Crippen molar-refractivity contribution in [2.75, 3.05) is 13.2 Å². The lowest BCUT2D eigenvalue weighted by molar-refractivity contribution is -0.137. The van der Waals surface area contributed by atoms with Crippen LogP contribution in [0, 0.1) is 11.8 Å². The summed E-state index contributed by atoms with van der Waals surface area (Å²) in [6.07, 6.45) is 8.73. The highest BCUT2D eigenvalue weighted by Gasteiger charge is 2.41. The van der Waals surface area contributed by atoms with E-state index in [9.17, 15) is 15.0 Å². The number of carbonyl (C=O) groups is 1. The largest absolute Gasteiger partial charge is 0.481 e. The molecule has 0 aromatic heterocycles. The first-order chi connectivity index (χ1) is 14.4. The van der Waals surface area contributed by atoms with Crippen LogP contribution in [0.1, 0.15) is 37.7 Å². The van der Waals surface area contributed by atoms with Gasteiger partial charge < -0.3 is 24.8 Å². The molecule has 0 amide bonds. The molecule has 1 aliphatic carbocycles. The van der Waals surface area contributed by atoms with E-state index in [1.165, 1.54) is 0 Å². The van der Waals surface area contributed by atoms with Crippen molar-refractivity contribution < 1.29 is 29.6 Å². The molecule has 3 N–H and O–H groups in total. The summed E-state index contributed by atoms with van der Waals surface area (Å²) in [5.41, 5.74) is 0.823. The normalized spacial score (nSPS) is 28.6. The van der Waals surface area contributed by atoms with E-state index in [1.54, 1.807) is 12.1 Å². The van der Waals surface area contributed by atoms with Gasteiger partial charge >= 0.3 is 5.97 Å². The third kappa shape index (κ3) is 5.71. The van der Waals surface area contributed by atoms with Gasteiger partial charge in [0.25, 0.3) is 0 Å². The van der Waals surface area contributed by atoms with E-state index in [0.717, 1.165) is 5.56 Å². The van der Waals surface area contributed by atoms with E-state index in [2.05, 4.69) is 0 Å². The number of hydrogen-bond donors (Lipinski definition) is 3. The Labute approximate surface area is 181 Å². The standard InChI is InChI=1S/C23H29ClO6/c24-17-9-7-16(8-10-17)23(29-13-14-30-23)12-11-19-18(20(25)15-21(19)26)5-3-1-2-4-6-22(27)28/h1,3,7-12,18-21,25-26H,2,4-6,13-15H2,(H,27,28)/b3-1-,12-11+/t18-,19-,20-,21-/m1/s1. The number of ether oxygens (including phenoxy) is 2. The Morgan fingerprint density at radius 2 is 1.83 bits per heavy atom. The van der Waals surface area contributed by atoms with Crippen LogP contribution in [0.4, 0.5) is 0 Å². The maximum atomic E-state index is 10.6. The van der Waals surface area contributed by atoms with E-state index in [0.29, 0.717) is 43.9 Å². The molecule has 30 heavy (non-hydrogen) atoms. The smallest absolute Gasteiger partial charge is 0.303 e. The molecule has 1 saturated carbocycles. The molecular weight excluding hydrogens is 408 g/mol. The second-order valence-electron chi connectivity index (χ2n) is 7.84. The molecule has 0 bridgehead atoms. The van der Waals surface area contributed by atoms with Crippen LogP contribution in [0.5, 0.6) is 0 Å². The monoisotopic (exact) mass is 436 g/mol. The van der Waals surface area contributed by atoms with Crippen LogP contribution < -0.4 is 0 Å². The summed E-state index contributed by atoms with van der Waals surface area (Å²) in [4.78, 5) is 10.6. The molecule has 2 fully saturated rings. The first-order valence-corrected chi connectivity index (χ1v) is 10.8. The number of carboxylic acids is 1. The third-order valence-electron chi connectivity index (χ3n) is 5.75. The summed E-state index contributed by atoms with van der Waals surface area (Å²) in [5, 5.41) is 30.2. The molecule has 7 heteroatoms. The van der Waals surface area contributed by atoms with Gasteiger partial charge in [-0.15, -0.1) is 0 Å². The van der Waals surface area contributed by atoms with Gasteiger partial charge in [0.15, 0.2) is 0 Å². The number of halogens is 1. The summed E-state index contributed by atoms with van der Waals surface area (Å²) in [6.45, 7) is 0.927. The molecule has 4 atom stereocenters. The fourth-order valence-electron chi connectivity index (χ4n) is 4.16. The number of aliphatic hydroxyl groups is 2. The Hall–Kier alpha value is -1.70. The summed E-state index contributed by atoms with van der Waals surface area (Å²) in [5.74, 6) is -2.18.